The van der Waals surface area contributed by atoms with E-state index in [-0.39, 0.29) is 5.91 Å². The van der Waals surface area contributed by atoms with Crippen LogP contribution >= 0.6 is 11.8 Å². The average Bonchev–Trinajstić information content (AvgIpc) is 2.39. The molecular weight excluding hydrogens is 256 g/mol. The Bertz CT molecular complexity index is 567. The number of thioether (sulfide) groups is 1. The molecule has 0 aliphatic carbocycles. The van der Waals surface area contributed by atoms with Crippen LogP contribution in [0.4, 0.5) is 5.69 Å². The molecule has 0 saturated heterocycles. The zero-order valence-electron chi connectivity index (χ0n) is 11.0. The molecule has 98 valence electrons. The standard InChI is InChI=1S/C15H16N2OS/c1-11-9-13(7-8-16-11)17-15(18)10-12-3-5-14(19-2)6-4-12/h3-9H,10H2,1-2H3,(H,16,17,18). The van der Waals surface area contributed by atoms with Crippen LogP contribution in [0.3, 0.4) is 0 Å². The van der Waals surface area contributed by atoms with E-state index in [9.17, 15) is 4.79 Å². The van der Waals surface area contributed by atoms with E-state index in [1.165, 1.54) is 4.90 Å². The van der Waals surface area contributed by atoms with Crippen LogP contribution in [-0.4, -0.2) is 17.1 Å². The summed E-state index contributed by atoms with van der Waals surface area (Å²) in [5.41, 5.74) is 2.70. The molecule has 2 aromatic rings. The first-order valence-electron chi connectivity index (χ1n) is 6.03. The van der Waals surface area contributed by atoms with Crippen molar-refractivity contribution in [2.75, 3.05) is 11.6 Å². The summed E-state index contributed by atoms with van der Waals surface area (Å²) in [5, 5.41) is 2.88. The number of carbonyl (C=O) groups excluding carboxylic acids is 1. The van der Waals surface area contributed by atoms with Crippen molar-refractivity contribution >= 4 is 23.4 Å². The van der Waals surface area contributed by atoms with Crippen molar-refractivity contribution in [3.8, 4) is 0 Å². The zero-order valence-corrected chi connectivity index (χ0v) is 11.8. The smallest absolute Gasteiger partial charge is 0.228 e. The second-order valence-electron chi connectivity index (χ2n) is 4.26. The molecule has 1 N–H and O–H groups in total. The summed E-state index contributed by atoms with van der Waals surface area (Å²) in [4.78, 5) is 17.2. The molecule has 0 bridgehead atoms. The zero-order chi connectivity index (χ0) is 13.7. The van der Waals surface area contributed by atoms with E-state index in [1.54, 1.807) is 24.0 Å². The van der Waals surface area contributed by atoms with Gasteiger partial charge in [0.1, 0.15) is 0 Å². The van der Waals surface area contributed by atoms with E-state index in [0.717, 1.165) is 16.9 Å². The van der Waals surface area contributed by atoms with Crippen LogP contribution in [0.15, 0.2) is 47.5 Å². The van der Waals surface area contributed by atoms with Gasteiger partial charge in [0.05, 0.1) is 6.42 Å². The molecule has 0 unspecified atom stereocenters. The largest absolute Gasteiger partial charge is 0.326 e. The summed E-state index contributed by atoms with van der Waals surface area (Å²) in [7, 11) is 0. The summed E-state index contributed by atoms with van der Waals surface area (Å²) < 4.78 is 0. The van der Waals surface area contributed by atoms with E-state index in [1.807, 2.05) is 43.5 Å². The van der Waals surface area contributed by atoms with Gasteiger partial charge in [-0.3, -0.25) is 9.78 Å². The Balaban J connectivity index is 1.97. The second-order valence-corrected chi connectivity index (χ2v) is 5.14. The molecule has 0 atom stereocenters. The third kappa shape index (κ3) is 4.10. The molecule has 0 saturated carbocycles. The van der Waals surface area contributed by atoms with Crippen molar-refractivity contribution in [2.45, 2.75) is 18.2 Å². The van der Waals surface area contributed by atoms with Gasteiger partial charge in [0, 0.05) is 22.5 Å². The predicted molar refractivity (Wildman–Crippen MR) is 79.5 cm³/mol. The second kappa shape index (κ2) is 6.38. The molecule has 0 spiro atoms. The third-order valence-electron chi connectivity index (χ3n) is 2.70. The van der Waals surface area contributed by atoms with Crippen LogP contribution in [0, 0.1) is 6.92 Å². The number of rotatable bonds is 4. The third-order valence-corrected chi connectivity index (χ3v) is 3.45. The van der Waals surface area contributed by atoms with Gasteiger partial charge in [0.25, 0.3) is 0 Å². The lowest BCUT2D eigenvalue weighted by Crippen LogP contribution is -2.14. The molecule has 1 aromatic carbocycles. The topological polar surface area (TPSA) is 42.0 Å². The van der Waals surface area contributed by atoms with E-state index in [2.05, 4.69) is 10.3 Å². The van der Waals surface area contributed by atoms with E-state index < -0.39 is 0 Å². The van der Waals surface area contributed by atoms with Gasteiger partial charge in [0.2, 0.25) is 5.91 Å². The first kappa shape index (κ1) is 13.6. The Labute approximate surface area is 117 Å². The quantitative estimate of drug-likeness (QED) is 0.868. The first-order chi connectivity index (χ1) is 9.17. The monoisotopic (exact) mass is 272 g/mol. The Hall–Kier alpha value is -1.81. The number of aromatic nitrogens is 1. The van der Waals surface area contributed by atoms with Gasteiger partial charge in [-0.2, -0.15) is 0 Å². The summed E-state index contributed by atoms with van der Waals surface area (Å²) in [5.74, 6) is -0.0116. The maximum atomic E-state index is 11.9. The number of nitrogens with zero attached hydrogens (tertiary/aromatic N) is 1. The highest BCUT2D eigenvalue weighted by atomic mass is 32.2. The Morgan fingerprint density at radius 2 is 2.00 bits per heavy atom. The molecule has 19 heavy (non-hydrogen) atoms. The molecule has 3 nitrogen and oxygen atoms in total. The van der Waals surface area contributed by atoms with Gasteiger partial charge < -0.3 is 5.32 Å². The van der Waals surface area contributed by atoms with E-state index in [0.29, 0.717) is 6.42 Å². The maximum Gasteiger partial charge on any atom is 0.228 e. The lowest BCUT2D eigenvalue weighted by atomic mass is 10.1. The number of pyridine rings is 1. The van der Waals surface area contributed by atoms with Crippen LogP contribution in [0.2, 0.25) is 0 Å². The van der Waals surface area contributed by atoms with Crippen molar-refractivity contribution in [3.05, 3.63) is 53.9 Å². The summed E-state index contributed by atoms with van der Waals surface area (Å²) in [6, 6.07) is 11.7. The van der Waals surface area contributed by atoms with E-state index in [4.69, 9.17) is 0 Å². The number of nitrogens with one attached hydrogen (secondary N) is 1. The Morgan fingerprint density at radius 3 is 2.63 bits per heavy atom. The molecule has 1 heterocycles. The minimum absolute atomic E-state index is 0.0116. The number of benzene rings is 1. The molecule has 1 aromatic heterocycles. The van der Waals surface area contributed by atoms with Crippen LogP contribution in [0.25, 0.3) is 0 Å². The Kier molecular flexibility index (Phi) is 4.58. The molecule has 4 heteroatoms. The molecular formula is C15H16N2OS. The van der Waals surface area contributed by atoms with Gasteiger partial charge in [-0.05, 0) is 43.0 Å². The van der Waals surface area contributed by atoms with E-state index >= 15 is 0 Å². The number of aryl methyl sites for hydroxylation is 1. The van der Waals surface area contributed by atoms with Crippen LogP contribution in [0.1, 0.15) is 11.3 Å². The van der Waals surface area contributed by atoms with Crippen LogP contribution in [-0.2, 0) is 11.2 Å². The van der Waals surface area contributed by atoms with Crippen molar-refractivity contribution in [1.82, 2.24) is 4.98 Å². The predicted octanol–water partition coefficient (Wildman–Crippen LogP) is 3.29. The first-order valence-corrected chi connectivity index (χ1v) is 7.25. The number of amides is 1. The average molecular weight is 272 g/mol. The van der Waals surface area contributed by atoms with Crippen molar-refractivity contribution < 1.29 is 4.79 Å². The summed E-state index contributed by atoms with van der Waals surface area (Å²) in [6.07, 6.45) is 4.11. The normalized spacial score (nSPS) is 10.2. The van der Waals surface area contributed by atoms with Gasteiger partial charge in [-0.1, -0.05) is 12.1 Å². The fourth-order valence-corrected chi connectivity index (χ4v) is 2.17. The molecule has 2 rings (SSSR count). The minimum atomic E-state index is -0.0116. The summed E-state index contributed by atoms with van der Waals surface area (Å²) >= 11 is 1.69. The summed E-state index contributed by atoms with van der Waals surface area (Å²) in [6.45, 7) is 1.90. The Morgan fingerprint density at radius 1 is 1.26 bits per heavy atom. The van der Waals surface area contributed by atoms with Crippen molar-refractivity contribution in [2.24, 2.45) is 0 Å². The SMILES string of the molecule is CSc1ccc(CC(=O)Nc2ccnc(C)c2)cc1. The lowest BCUT2D eigenvalue weighted by molar-refractivity contribution is -0.115. The van der Waals surface area contributed by atoms with Gasteiger partial charge in [-0.15, -0.1) is 11.8 Å². The fourth-order valence-electron chi connectivity index (χ4n) is 1.76. The van der Waals surface area contributed by atoms with Gasteiger partial charge in [-0.25, -0.2) is 0 Å². The molecule has 0 aliphatic rings. The molecule has 0 radical (unpaired) electrons. The molecule has 0 fully saturated rings. The fraction of sp³-hybridized carbons (Fsp3) is 0.200. The van der Waals surface area contributed by atoms with Crippen LogP contribution in [0.5, 0.6) is 0 Å². The van der Waals surface area contributed by atoms with Crippen molar-refractivity contribution in [1.29, 1.82) is 0 Å². The number of hydrogen-bond donors (Lipinski definition) is 1. The molecule has 0 aliphatic heterocycles. The molecule has 1 amide bonds. The minimum Gasteiger partial charge on any atom is -0.326 e. The number of carbonyl (C=O) groups is 1. The van der Waals surface area contributed by atoms with Crippen LogP contribution < -0.4 is 5.32 Å². The highest BCUT2D eigenvalue weighted by Gasteiger charge is 2.04. The van der Waals surface area contributed by atoms with Crippen molar-refractivity contribution in [3.63, 3.8) is 0 Å². The van der Waals surface area contributed by atoms with Gasteiger partial charge >= 0.3 is 0 Å². The lowest BCUT2D eigenvalue weighted by Gasteiger charge is -2.06. The highest BCUT2D eigenvalue weighted by molar-refractivity contribution is 7.98. The highest BCUT2D eigenvalue weighted by Crippen LogP contribution is 2.15. The number of hydrogen-bond acceptors (Lipinski definition) is 3. The maximum absolute atomic E-state index is 11.9. The number of anilines is 1. The van der Waals surface area contributed by atoms with Gasteiger partial charge in [0.15, 0.2) is 0 Å².